The summed E-state index contributed by atoms with van der Waals surface area (Å²) < 4.78 is 0. The first-order valence-electron chi connectivity index (χ1n) is 3.38. The van der Waals surface area contributed by atoms with E-state index < -0.39 is 0 Å². The average molecular weight is 140 g/mol. The van der Waals surface area contributed by atoms with Gasteiger partial charge in [0, 0.05) is 6.42 Å². The van der Waals surface area contributed by atoms with Crippen molar-refractivity contribution in [3.63, 3.8) is 0 Å². The van der Waals surface area contributed by atoms with E-state index in [2.05, 4.69) is 0 Å². The van der Waals surface area contributed by atoms with Crippen LogP contribution in [0.15, 0.2) is 12.2 Å². The molecule has 0 fully saturated rings. The molecule has 0 amide bonds. The van der Waals surface area contributed by atoms with Gasteiger partial charge in [-0.25, -0.2) is 0 Å². The molecule has 0 unspecified atom stereocenters. The van der Waals surface area contributed by atoms with Crippen molar-refractivity contribution in [2.24, 2.45) is 0 Å². The number of hydrogen-bond donors (Lipinski definition) is 0. The molecule has 0 aliphatic heterocycles. The van der Waals surface area contributed by atoms with Crippen molar-refractivity contribution in [2.75, 3.05) is 0 Å². The highest BCUT2D eigenvalue weighted by Gasteiger charge is 1.92. The third-order valence-electron chi connectivity index (χ3n) is 1.00. The fraction of sp³-hybridized carbons (Fsp3) is 0.500. The lowest BCUT2D eigenvalue weighted by Crippen LogP contribution is -1.92. The minimum absolute atomic E-state index is 0.0256. The molecule has 0 aromatic carbocycles. The van der Waals surface area contributed by atoms with E-state index in [4.69, 9.17) is 0 Å². The van der Waals surface area contributed by atoms with Crippen molar-refractivity contribution < 1.29 is 9.59 Å². The Hall–Kier alpha value is -0.920. The van der Waals surface area contributed by atoms with E-state index in [1.807, 2.05) is 6.92 Å². The summed E-state index contributed by atoms with van der Waals surface area (Å²) in [6, 6.07) is 0. The highest BCUT2D eigenvalue weighted by atomic mass is 16.1. The van der Waals surface area contributed by atoms with E-state index in [0.717, 1.165) is 6.42 Å². The van der Waals surface area contributed by atoms with Crippen molar-refractivity contribution in [3.05, 3.63) is 12.2 Å². The molecule has 0 aliphatic carbocycles. The van der Waals surface area contributed by atoms with Crippen molar-refractivity contribution in [2.45, 2.75) is 26.7 Å². The Morgan fingerprint density at radius 2 is 1.90 bits per heavy atom. The van der Waals surface area contributed by atoms with E-state index in [-0.39, 0.29) is 11.6 Å². The molecule has 0 atom stereocenters. The summed E-state index contributed by atoms with van der Waals surface area (Å²) in [6.45, 7) is 3.36. The van der Waals surface area contributed by atoms with Crippen LogP contribution in [0, 0.1) is 0 Å². The second-order valence-corrected chi connectivity index (χ2v) is 2.16. The number of hydrogen-bond acceptors (Lipinski definition) is 2. The van der Waals surface area contributed by atoms with Gasteiger partial charge in [-0.05, 0) is 25.5 Å². The Morgan fingerprint density at radius 1 is 1.30 bits per heavy atom. The number of allylic oxidation sites excluding steroid dienone is 2. The molecule has 10 heavy (non-hydrogen) atoms. The standard InChI is InChI=1S/C8H12O2/c1-3-4-8(10)6-5-7(2)9/h5-6H,3-4H2,1-2H3/b6-5-. The molecule has 2 heteroatoms. The fourth-order valence-electron chi connectivity index (χ4n) is 0.540. The van der Waals surface area contributed by atoms with E-state index >= 15 is 0 Å². The molecule has 0 aliphatic rings. The zero-order chi connectivity index (χ0) is 7.98. The van der Waals surface area contributed by atoms with Crippen molar-refractivity contribution in [1.29, 1.82) is 0 Å². The molecule has 0 rings (SSSR count). The third-order valence-corrected chi connectivity index (χ3v) is 1.00. The summed E-state index contributed by atoms with van der Waals surface area (Å²) >= 11 is 0. The van der Waals surface area contributed by atoms with Crippen LogP contribution in [0.5, 0.6) is 0 Å². The monoisotopic (exact) mass is 140 g/mol. The van der Waals surface area contributed by atoms with Crippen LogP contribution in [-0.2, 0) is 9.59 Å². The van der Waals surface area contributed by atoms with Crippen LogP contribution in [-0.4, -0.2) is 11.6 Å². The smallest absolute Gasteiger partial charge is 0.155 e. The Kier molecular flexibility index (Phi) is 4.46. The average Bonchev–Trinajstić information content (AvgIpc) is 1.85. The largest absolute Gasteiger partial charge is 0.295 e. The van der Waals surface area contributed by atoms with Crippen LogP contribution in [0.3, 0.4) is 0 Å². The van der Waals surface area contributed by atoms with Gasteiger partial charge >= 0.3 is 0 Å². The van der Waals surface area contributed by atoms with E-state index in [1.165, 1.54) is 19.1 Å². The summed E-state index contributed by atoms with van der Waals surface area (Å²) in [7, 11) is 0. The molecule has 0 aromatic heterocycles. The van der Waals surface area contributed by atoms with Crippen LogP contribution in [0.1, 0.15) is 26.7 Å². The first kappa shape index (κ1) is 9.08. The van der Waals surface area contributed by atoms with Crippen LogP contribution >= 0.6 is 0 Å². The lowest BCUT2D eigenvalue weighted by Gasteiger charge is -1.86. The van der Waals surface area contributed by atoms with Crippen LogP contribution < -0.4 is 0 Å². The zero-order valence-corrected chi connectivity index (χ0v) is 6.39. The van der Waals surface area contributed by atoms with Gasteiger partial charge in [0.05, 0.1) is 0 Å². The van der Waals surface area contributed by atoms with Gasteiger partial charge in [-0.2, -0.15) is 0 Å². The predicted molar refractivity (Wildman–Crippen MR) is 39.7 cm³/mol. The second-order valence-electron chi connectivity index (χ2n) is 2.16. The molecular formula is C8H12O2. The van der Waals surface area contributed by atoms with Gasteiger partial charge in [0.25, 0.3) is 0 Å². The SMILES string of the molecule is CCCC(=O)/C=C\C(C)=O. The van der Waals surface area contributed by atoms with Crippen molar-refractivity contribution >= 4 is 11.6 Å². The molecule has 0 aromatic rings. The first-order valence-corrected chi connectivity index (χ1v) is 3.38. The minimum Gasteiger partial charge on any atom is -0.295 e. The zero-order valence-electron chi connectivity index (χ0n) is 6.39. The van der Waals surface area contributed by atoms with Crippen molar-refractivity contribution in [1.82, 2.24) is 0 Å². The van der Waals surface area contributed by atoms with Gasteiger partial charge < -0.3 is 0 Å². The topological polar surface area (TPSA) is 34.1 Å². The van der Waals surface area contributed by atoms with Crippen molar-refractivity contribution in [3.8, 4) is 0 Å². The summed E-state index contributed by atoms with van der Waals surface area (Å²) in [5, 5.41) is 0. The molecule has 0 saturated heterocycles. The first-order chi connectivity index (χ1) is 4.66. The van der Waals surface area contributed by atoms with Gasteiger partial charge in [0.15, 0.2) is 11.6 Å². The minimum atomic E-state index is -0.0792. The second kappa shape index (κ2) is 4.91. The van der Waals surface area contributed by atoms with E-state index in [1.54, 1.807) is 0 Å². The number of ketones is 2. The van der Waals surface area contributed by atoms with Gasteiger partial charge in [-0.15, -0.1) is 0 Å². The summed E-state index contributed by atoms with van der Waals surface area (Å²) in [4.78, 5) is 21.0. The Balaban J connectivity index is 3.67. The molecule has 0 bridgehead atoms. The molecule has 0 spiro atoms. The normalized spacial score (nSPS) is 10.2. The predicted octanol–water partition coefficient (Wildman–Crippen LogP) is 1.50. The summed E-state index contributed by atoms with van der Waals surface area (Å²) in [6.07, 6.45) is 4.01. The lowest BCUT2D eigenvalue weighted by molar-refractivity contribution is -0.116. The maximum atomic E-state index is 10.7. The Bertz CT molecular complexity index is 157. The van der Waals surface area contributed by atoms with Crippen LogP contribution in [0.25, 0.3) is 0 Å². The van der Waals surface area contributed by atoms with E-state index in [9.17, 15) is 9.59 Å². The van der Waals surface area contributed by atoms with Gasteiger partial charge in [-0.3, -0.25) is 9.59 Å². The highest BCUT2D eigenvalue weighted by Crippen LogP contribution is 1.90. The number of carbonyl (C=O) groups excluding carboxylic acids is 2. The Labute approximate surface area is 60.9 Å². The quantitative estimate of drug-likeness (QED) is 0.554. The molecule has 56 valence electrons. The molecule has 2 nitrogen and oxygen atoms in total. The Morgan fingerprint density at radius 3 is 2.30 bits per heavy atom. The third kappa shape index (κ3) is 5.22. The molecular weight excluding hydrogens is 128 g/mol. The summed E-state index contributed by atoms with van der Waals surface area (Å²) in [5.74, 6) is -0.0536. The van der Waals surface area contributed by atoms with Gasteiger partial charge in [0.2, 0.25) is 0 Å². The van der Waals surface area contributed by atoms with E-state index in [0.29, 0.717) is 6.42 Å². The lowest BCUT2D eigenvalue weighted by atomic mass is 10.2. The van der Waals surface area contributed by atoms with Gasteiger partial charge in [0.1, 0.15) is 0 Å². The molecule has 0 saturated carbocycles. The summed E-state index contributed by atoms with van der Waals surface area (Å²) in [5.41, 5.74) is 0. The fourth-order valence-corrected chi connectivity index (χ4v) is 0.540. The number of carbonyl (C=O) groups is 2. The number of rotatable bonds is 4. The molecule has 0 heterocycles. The van der Waals surface area contributed by atoms with Gasteiger partial charge in [-0.1, -0.05) is 6.92 Å². The highest BCUT2D eigenvalue weighted by molar-refractivity contribution is 5.97. The molecule has 0 N–H and O–H groups in total. The maximum Gasteiger partial charge on any atom is 0.155 e. The van der Waals surface area contributed by atoms with Crippen LogP contribution in [0.4, 0.5) is 0 Å². The van der Waals surface area contributed by atoms with Crippen LogP contribution in [0.2, 0.25) is 0 Å². The molecule has 0 radical (unpaired) electrons. The maximum absolute atomic E-state index is 10.7.